The average Bonchev–Trinajstić information content (AvgIpc) is 2.94. The summed E-state index contributed by atoms with van der Waals surface area (Å²) in [6.07, 6.45) is 3.95. The van der Waals surface area contributed by atoms with E-state index in [0.29, 0.717) is 19.0 Å². The van der Waals surface area contributed by atoms with Crippen LogP contribution in [0.25, 0.3) is 11.1 Å². The lowest BCUT2D eigenvalue weighted by molar-refractivity contribution is -0.151. The summed E-state index contributed by atoms with van der Waals surface area (Å²) in [6, 6.07) is 29.7. The van der Waals surface area contributed by atoms with Crippen LogP contribution in [0.1, 0.15) is 24.0 Å². The number of carbonyl (C=O) groups is 2. The molecule has 1 atom stereocenters. The van der Waals surface area contributed by atoms with Crippen LogP contribution < -0.4 is 5.32 Å². The van der Waals surface area contributed by atoms with E-state index in [2.05, 4.69) is 70.9 Å². The second kappa shape index (κ2) is 11.5. The number of hydrogen-bond acceptors (Lipinski definition) is 3. The molecule has 186 valence electrons. The molecule has 2 saturated heterocycles. The number of carbonyl (C=O) groups excluding carboxylic acids is 2. The van der Waals surface area contributed by atoms with E-state index < -0.39 is 5.91 Å². The van der Waals surface area contributed by atoms with Crippen LogP contribution in [0.15, 0.2) is 84.9 Å². The van der Waals surface area contributed by atoms with Gasteiger partial charge in [-0.15, -0.1) is 0 Å². The summed E-state index contributed by atoms with van der Waals surface area (Å²) < 4.78 is 0. The van der Waals surface area contributed by atoms with Gasteiger partial charge in [0.05, 0.1) is 6.04 Å². The number of nitrogens with zero attached hydrogens (tertiary/aromatic N) is 2. The van der Waals surface area contributed by atoms with Crippen LogP contribution >= 0.6 is 0 Å². The maximum Gasteiger partial charge on any atom is 0.312 e. The van der Waals surface area contributed by atoms with E-state index in [1.54, 1.807) is 0 Å². The summed E-state index contributed by atoms with van der Waals surface area (Å²) in [5, 5.41) is 2.78. The molecule has 0 aromatic heterocycles. The normalized spacial score (nSPS) is 19.3. The van der Waals surface area contributed by atoms with Crippen LogP contribution in [0, 0.1) is 5.92 Å². The molecule has 2 amide bonds. The van der Waals surface area contributed by atoms with Crippen LogP contribution in [0.2, 0.25) is 0 Å². The molecule has 2 aliphatic heterocycles. The molecular formula is C31H35N3O2. The van der Waals surface area contributed by atoms with Crippen LogP contribution in [0.4, 0.5) is 0 Å². The first-order valence-electron chi connectivity index (χ1n) is 13.1. The summed E-state index contributed by atoms with van der Waals surface area (Å²) in [5.41, 5.74) is 5.07. The van der Waals surface area contributed by atoms with Gasteiger partial charge in [-0.25, -0.2) is 0 Å². The van der Waals surface area contributed by atoms with Crippen molar-refractivity contribution in [2.45, 2.75) is 31.7 Å². The number of nitrogens with one attached hydrogen (secondary N) is 1. The second-order valence-electron chi connectivity index (χ2n) is 10.1. The highest BCUT2D eigenvalue weighted by atomic mass is 16.2. The Morgan fingerprint density at radius 1 is 0.750 bits per heavy atom. The molecule has 0 radical (unpaired) electrons. The third-order valence-corrected chi connectivity index (χ3v) is 7.65. The predicted molar refractivity (Wildman–Crippen MR) is 143 cm³/mol. The standard InChI is InChI=1S/C31H35N3O2/c35-30-31(36)34(29(22-32-30)21-25-7-3-1-4-8-25)23-26-16-19-33(20-17-26)18-15-24-11-13-28(14-12-24)27-9-5-2-6-10-27/h1-14,26,29H,15-23H2,(H,32,35)/t29-/m0/s1. The molecule has 3 aromatic carbocycles. The van der Waals surface area contributed by atoms with Crippen LogP contribution in [-0.4, -0.2) is 60.4 Å². The number of rotatable bonds is 8. The Bertz CT molecular complexity index is 1140. The van der Waals surface area contributed by atoms with Gasteiger partial charge in [-0.3, -0.25) is 9.59 Å². The van der Waals surface area contributed by atoms with E-state index >= 15 is 0 Å². The van der Waals surface area contributed by atoms with Gasteiger partial charge >= 0.3 is 11.8 Å². The summed E-state index contributed by atoms with van der Waals surface area (Å²) in [5.74, 6) is -0.391. The van der Waals surface area contributed by atoms with E-state index in [-0.39, 0.29) is 11.9 Å². The first-order valence-corrected chi connectivity index (χ1v) is 13.1. The molecule has 0 aliphatic carbocycles. The van der Waals surface area contributed by atoms with Crippen molar-refractivity contribution in [3.63, 3.8) is 0 Å². The molecule has 0 unspecified atom stereocenters. The Hall–Kier alpha value is -3.44. The highest BCUT2D eigenvalue weighted by Crippen LogP contribution is 2.23. The Labute approximate surface area is 214 Å². The third kappa shape index (κ3) is 6.03. The quantitative estimate of drug-likeness (QED) is 0.491. The SMILES string of the molecule is O=C1NC[C@H](Cc2ccccc2)N(CC2CCN(CCc3ccc(-c4ccccc4)cc3)CC2)C1=O. The van der Waals surface area contributed by atoms with E-state index in [0.717, 1.165) is 45.3 Å². The molecule has 5 heteroatoms. The lowest BCUT2D eigenvalue weighted by Gasteiger charge is -2.40. The number of hydrogen-bond donors (Lipinski definition) is 1. The van der Waals surface area contributed by atoms with Gasteiger partial charge in [-0.05, 0) is 66.9 Å². The van der Waals surface area contributed by atoms with Crippen molar-refractivity contribution in [2.24, 2.45) is 5.92 Å². The number of likely N-dealkylation sites (tertiary alicyclic amines) is 1. The van der Waals surface area contributed by atoms with E-state index in [1.165, 1.54) is 22.3 Å². The monoisotopic (exact) mass is 481 g/mol. The van der Waals surface area contributed by atoms with Crippen molar-refractivity contribution in [2.75, 3.05) is 32.7 Å². The Balaban J connectivity index is 1.11. The Kier molecular flexibility index (Phi) is 7.77. The second-order valence-corrected chi connectivity index (χ2v) is 10.1. The number of piperazine rings is 1. The molecule has 0 spiro atoms. The minimum Gasteiger partial charge on any atom is -0.346 e. The number of amides is 2. The summed E-state index contributed by atoms with van der Waals surface area (Å²) in [7, 11) is 0. The smallest absolute Gasteiger partial charge is 0.312 e. The van der Waals surface area contributed by atoms with Gasteiger partial charge in [-0.1, -0.05) is 84.9 Å². The van der Waals surface area contributed by atoms with Gasteiger partial charge in [0.15, 0.2) is 0 Å². The zero-order valence-electron chi connectivity index (χ0n) is 20.8. The summed E-state index contributed by atoms with van der Waals surface area (Å²) >= 11 is 0. The molecule has 5 rings (SSSR count). The third-order valence-electron chi connectivity index (χ3n) is 7.65. The maximum absolute atomic E-state index is 12.7. The fourth-order valence-electron chi connectivity index (χ4n) is 5.45. The topological polar surface area (TPSA) is 52.7 Å². The highest BCUT2D eigenvalue weighted by Gasteiger charge is 2.35. The van der Waals surface area contributed by atoms with E-state index in [4.69, 9.17) is 0 Å². The van der Waals surface area contributed by atoms with E-state index in [9.17, 15) is 9.59 Å². The average molecular weight is 482 g/mol. The fourth-order valence-corrected chi connectivity index (χ4v) is 5.45. The van der Waals surface area contributed by atoms with Crippen molar-refractivity contribution in [3.8, 4) is 11.1 Å². The Morgan fingerprint density at radius 2 is 1.39 bits per heavy atom. The lowest BCUT2D eigenvalue weighted by atomic mass is 9.93. The fraction of sp³-hybridized carbons (Fsp3) is 0.355. The molecule has 36 heavy (non-hydrogen) atoms. The van der Waals surface area contributed by atoms with Crippen molar-refractivity contribution >= 4 is 11.8 Å². The van der Waals surface area contributed by atoms with Gasteiger partial charge in [0.2, 0.25) is 0 Å². The van der Waals surface area contributed by atoms with Gasteiger partial charge < -0.3 is 15.1 Å². The van der Waals surface area contributed by atoms with Crippen molar-refractivity contribution in [1.29, 1.82) is 0 Å². The minimum atomic E-state index is -0.463. The molecule has 3 aromatic rings. The molecule has 2 aliphatic rings. The van der Waals surface area contributed by atoms with Crippen molar-refractivity contribution in [3.05, 3.63) is 96.1 Å². The Morgan fingerprint density at radius 3 is 2.08 bits per heavy atom. The first-order chi connectivity index (χ1) is 17.7. The molecule has 0 saturated carbocycles. The van der Waals surface area contributed by atoms with Gasteiger partial charge in [-0.2, -0.15) is 0 Å². The van der Waals surface area contributed by atoms with Crippen LogP contribution in [0.5, 0.6) is 0 Å². The predicted octanol–water partition coefficient (Wildman–Crippen LogP) is 4.18. The molecule has 2 fully saturated rings. The maximum atomic E-state index is 12.7. The van der Waals surface area contributed by atoms with Crippen molar-refractivity contribution in [1.82, 2.24) is 15.1 Å². The van der Waals surface area contributed by atoms with Gasteiger partial charge in [0.1, 0.15) is 0 Å². The minimum absolute atomic E-state index is 0.0227. The van der Waals surface area contributed by atoms with Crippen LogP contribution in [-0.2, 0) is 22.4 Å². The van der Waals surface area contributed by atoms with Gasteiger partial charge in [0.25, 0.3) is 0 Å². The largest absolute Gasteiger partial charge is 0.346 e. The number of benzene rings is 3. The van der Waals surface area contributed by atoms with Crippen molar-refractivity contribution < 1.29 is 9.59 Å². The first kappa shape index (κ1) is 24.3. The zero-order chi connectivity index (χ0) is 24.7. The molecule has 2 heterocycles. The molecule has 1 N–H and O–H groups in total. The van der Waals surface area contributed by atoms with Gasteiger partial charge in [0, 0.05) is 19.6 Å². The highest BCUT2D eigenvalue weighted by molar-refractivity contribution is 6.35. The summed E-state index contributed by atoms with van der Waals surface area (Å²) in [6.45, 7) is 4.35. The summed E-state index contributed by atoms with van der Waals surface area (Å²) in [4.78, 5) is 29.2. The molecule has 0 bridgehead atoms. The van der Waals surface area contributed by atoms with E-state index in [1.807, 2.05) is 29.2 Å². The number of piperidine rings is 1. The molecule has 5 nitrogen and oxygen atoms in total. The van der Waals surface area contributed by atoms with Crippen LogP contribution in [0.3, 0.4) is 0 Å². The lowest BCUT2D eigenvalue weighted by Crippen LogP contribution is -2.60. The molecular weight excluding hydrogens is 446 g/mol. The zero-order valence-corrected chi connectivity index (χ0v) is 20.8.